The molecule has 0 saturated carbocycles. The summed E-state index contributed by atoms with van der Waals surface area (Å²) in [6.07, 6.45) is -0.103. The van der Waals surface area contributed by atoms with Gasteiger partial charge in [-0.15, -0.1) is 0 Å². The van der Waals surface area contributed by atoms with Crippen LogP contribution in [0.25, 0.3) is 0 Å². The molecule has 14 heavy (non-hydrogen) atoms. The number of fused-ring (bicyclic) bond motifs is 1. The highest BCUT2D eigenvalue weighted by atomic mass is 16.5. The van der Waals surface area contributed by atoms with E-state index in [1.54, 1.807) is 0 Å². The molecule has 0 spiro atoms. The molecule has 1 aliphatic rings. The van der Waals surface area contributed by atoms with Crippen molar-refractivity contribution in [3.05, 3.63) is 35.4 Å². The smallest absolute Gasteiger partial charge is 0.339 e. The van der Waals surface area contributed by atoms with Gasteiger partial charge in [0.25, 0.3) is 0 Å². The van der Waals surface area contributed by atoms with Crippen molar-refractivity contribution in [1.29, 1.82) is 0 Å². The van der Waals surface area contributed by atoms with Crippen LogP contribution in [0.1, 0.15) is 22.0 Å². The van der Waals surface area contributed by atoms with E-state index in [-0.39, 0.29) is 12.1 Å². The number of likely N-dealkylation sites (N-methyl/N-ethyl adjacent to an activating group) is 1. The molecule has 2 rings (SSSR count). The maximum Gasteiger partial charge on any atom is 0.339 e. The van der Waals surface area contributed by atoms with Crippen molar-refractivity contribution in [2.24, 2.45) is 0 Å². The first-order chi connectivity index (χ1) is 6.68. The van der Waals surface area contributed by atoms with E-state index < -0.39 is 0 Å². The maximum atomic E-state index is 11.4. The molecule has 0 aliphatic carbocycles. The fourth-order valence-corrected chi connectivity index (χ4v) is 1.69. The number of hydrogen-bond donors (Lipinski definition) is 0. The summed E-state index contributed by atoms with van der Waals surface area (Å²) in [6, 6.07) is 7.56. The molecular formula is C11H13NO2. The van der Waals surface area contributed by atoms with Gasteiger partial charge in [-0.1, -0.05) is 18.2 Å². The van der Waals surface area contributed by atoms with Gasteiger partial charge in [-0.3, -0.25) is 0 Å². The van der Waals surface area contributed by atoms with Gasteiger partial charge in [-0.2, -0.15) is 0 Å². The molecule has 3 nitrogen and oxygen atoms in total. The Balaban J connectivity index is 2.30. The molecule has 0 bridgehead atoms. The van der Waals surface area contributed by atoms with Gasteiger partial charge >= 0.3 is 5.97 Å². The number of hydrogen-bond acceptors (Lipinski definition) is 3. The van der Waals surface area contributed by atoms with Crippen LogP contribution in [0, 0.1) is 0 Å². The third-order valence-corrected chi connectivity index (χ3v) is 2.31. The molecule has 1 aliphatic heterocycles. The Bertz CT molecular complexity index is 360. The van der Waals surface area contributed by atoms with Gasteiger partial charge in [0.2, 0.25) is 0 Å². The number of carbonyl (C=O) groups excluding carboxylic acids is 1. The predicted molar refractivity (Wildman–Crippen MR) is 53.2 cm³/mol. The van der Waals surface area contributed by atoms with Crippen LogP contribution in [-0.2, 0) is 4.74 Å². The summed E-state index contributed by atoms with van der Waals surface area (Å²) in [7, 11) is 3.93. The fraction of sp³-hybridized carbons (Fsp3) is 0.364. The normalized spacial score (nSPS) is 19.6. The molecule has 0 saturated heterocycles. The van der Waals surface area contributed by atoms with Crippen molar-refractivity contribution in [3.63, 3.8) is 0 Å². The standard InChI is InChI=1S/C11H13NO2/c1-12(2)7-10-8-5-3-4-6-9(8)11(13)14-10/h3-6,10H,7H2,1-2H3. The van der Waals surface area contributed by atoms with Crippen LogP contribution in [0.5, 0.6) is 0 Å². The first-order valence-corrected chi connectivity index (χ1v) is 4.63. The maximum absolute atomic E-state index is 11.4. The molecule has 0 fully saturated rings. The van der Waals surface area contributed by atoms with Crippen LogP contribution in [0.2, 0.25) is 0 Å². The largest absolute Gasteiger partial charge is 0.452 e. The Morgan fingerprint density at radius 3 is 2.79 bits per heavy atom. The van der Waals surface area contributed by atoms with Crippen molar-refractivity contribution in [2.45, 2.75) is 6.10 Å². The van der Waals surface area contributed by atoms with Gasteiger partial charge in [0.05, 0.1) is 5.56 Å². The molecule has 1 aromatic carbocycles. The van der Waals surface area contributed by atoms with Crippen LogP contribution in [0.4, 0.5) is 0 Å². The lowest BCUT2D eigenvalue weighted by atomic mass is 10.1. The second kappa shape index (κ2) is 3.42. The van der Waals surface area contributed by atoms with E-state index in [1.165, 1.54) is 0 Å². The van der Waals surface area contributed by atoms with Gasteiger partial charge in [0.15, 0.2) is 0 Å². The highest BCUT2D eigenvalue weighted by Gasteiger charge is 2.30. The number of esters is 1. The summed E-state index contributed by atoms with van der Waals surface area (Å²) >= 11 is 0. The molecule has 0 amide bonds. The van der Waals surface area contributed by atoms with Crippen LogP contribution >= 0.6 is 0 Å². The predicted octanol–water partition coefficient (Wildman–Crippen LogP) is 1.46. The second-order valence-electron chi connectivity index (χ2n) is 3.74. The number of ether oxygens (including phenoxy) is 1. The summed E-state index contributed by atoms with van der Waals surface area (Å²) in [5.74, 6) is -0.201. The van der Waals surface area contributed by atoms with E-state index >= 15 is 0 Å². The molecule has 0 aromatic heterocycles. The zero-order valence-corrected chi connectivity index (χ0v) is 8.36. The van der Waals surface area contributed by atoms with Crippen LogP contribution in [-0.4, -0.2) is 31.5 Å². The lowest BCUT2D eigenvalue weighted by Gasteiger charge is -2.15. The fourth-order valence-electron chi connectivity index (χ4n) is 1.69. The molecule has 3 heteroatoms. The quantitative estimate of drug-likeness (QED) is 0.663. The molecule has 74 valence electrons. The monoisotopic (exact) mass is 191 g/mol. The van der Waals surface area contributed by atoms with Gasteiger partial charge in [0, 0.05) is 12.1 Å². The van der Waals surface area contributed by atoms with Crippen molar-refractivity contribution in [1.82, 2.24) is 4.90 Å². The summed E-state index contributed by atoms with van der Waals surface area (Å²) in [6.45, 7) is 0.739. The van der Waals surface area contributed by atoms with Crippen LogP contribution in [0.3, 0.4) is 0 Å². The average Bonchev–Trinajstić information content (AvgIpc) is 2.44. The molecule has 1 unspecified atom stereocenters. The molecule has 0 radical (unpaired) electrons. The minimum Gasteiger partial charge on any atom is -0.452 e. The van der Waals surface area contributed by atoms with E-state index in [1.807, 2.05) is 43.3 Å². The topological polar surface area (TPSA) is 29.5 Å². The second-order valence-corrected chi connectivity index (χ2v) is 3.74. The Hall–Kier alpha value is -1.35. The third kappa shape index (κ3) is 1.51. The first kappa shape index (κ1) is 9.21. The van der Waals surface area contributed by atoms with E-state index in [0.717, 1.165) is 12.1 Å². The van der Waals surface area contributed by atoms with Crippen molar-refractivity contribution in [2.75, 3.05) is 20.6 Å². The zero-order valence-electron chi connectivity index (χ0n) is 8.36. The number of benzene rings is 1. The summed E-state index contributed by atoms with van der Waals surface area (Å²) in [5.41, 5.74) is 1.71. The molecular weight excluding hydrogens is 178 g/mol. The van der Waals surface area contributed by atoms with Crippen LogP contribution in [0.15, 0.2) is 24.3 Å². The number of cyclic esters (lactones) is 1. The van der Waals surface area contributed by atoms with Gasteiger partial charge in [-0.05, 0) is 20.2 Å². The Kier molecular flexibility index (Phi) is 2.25. The minimum atomic E-state index is -0.201. The Labute approximate surface area is 83.3 Å². The molecule has 1 atom stereocenters. The van der Waals surface area contributed by atoms with Crippen molar-refractivity contribution in [3.8, 4) is 0 Å². The highest BCUT2D eigenvalue weighted by molar-refractivity contribution is 5.93. The summed E-state index contributed by atoms with van der Waals surface area (Å²) in [4.78, 5) is 13.4. The lowest BCUT2D eigenvalue weighted by Crippen LogP contribution is -2.20. The van der Waals surface area contributed by atoms with E-state index in [9.17, 15) is 4.79 Å². The van der Waals surface area contributed by atoms with E-state index in [4.69, 9.17) is 4.74 Å². The average molecular weight is 191 g/mol. The SMILES string of the molecule is CN(C)CC1OC(=O)c2ccccc21. The number of rotatable bonds is 2. The Morgan fingerprint density at radius 1 is 1.36 bits per heavy atom. The van der Waals surface area contributed by atoms with E-state index in [0.29, 0.717) is 5.56 Å². The highest BCUT2D eigenvalue weighted by Crippen LogP contribution is 2.30. The molecule has 1 aromatic rings. The minimum absolute atomic E-state index is 0.103. The summed E-state index contributed by atoms with van der Waals surface area (Å²) in [5, 5.41) is 0. The van der Waals surface area contributed by atoms with Gasteiger partial charge in [-0.25, -0.2) is 4.79 Å². The van der Waals surface area contributed by atoms with Crippen molar-refractivity contribution < 1.29 is 9.53 Å². The molecule has 1 heterocycles. The molecule has 0 N–H and O–H groups in total. The summed E-state index contributed by atoms with van der Waals surface area (Å²) < 4.78 is 5.26. The third-order valence-electron chi connectivity index (χ3n) is 2.31. The van der Waals surface area contributed by atoms with Crippen molar-refractivity contribution >= 4 is 5.97 Å². The van der Waals surface area contributed by atoms with E-state index in [2.05, 4.69) is 0 Å². The number of carbonyl (C=O) groups is 1. The van der Waals surface area contributed by atoms with Crippen LogP contribution < -0.4 is 0 Å². The zero-order chi connectivity index (χ0) is 10.1. The Morgan fingerprint density at radius 2 is 2.07 bits per heavy atom. The lowest BCUT2D eigenvalue weighted by molar-refractivity contribution is 0.0332. The van der Waals surface area contributed by atoms with Gasteiger partial charge in [0.1, 0.15) is 6.10 Å². The number of nitrogens with zero attached hydrogens (tertiary/aromatic N) is 1. The first-order valence-electron chi connectivity index (χ1n) is 4.63. The van der Waals surface area contributed by atoms with Gasteiger partial charge < -0.3 is 9.64 Å².